The Hall–Kier alpha value is -0.200. The largest absolute Gasteiger partial charge is 0.381 e. The average molecular weight is 438 g/mol. The number of nitrogens with zero attached hydrogens (tertiary/aromatic N) is 2. The van der Waals surface area contributed by atoms with Crippen molar-refractivity contribution in [1.82, 2.24) is 15.1 Å². The zero-order chi connectivity index (χ0) is 23.0. The highest BCUT2D eigenvalue weighted by molar-refractivity contribution is 5.08. The van der Waals surface area contributed by atoms with Gasteiger partial charge in [0.25, 0.3) is 0 Å². The van der Waals surface area contributed by atoms with Crippen LogP contribution in [0.2, 0.25) is 0 Å². The number of rotatable bonds is 6. The zero-order valence-corrected chi connectivity index (χ0v) is 21.7. The minimum Gasteiger partial charge on any atom is -0.381 e. The fraction of sp³-hybridized carbons (Fsp3) is 1.00. The second kappa shape index (κ2) is 9.97. The van der Waals surface area contributed by atoms with Crippen LogP contribution in [0.15, 0.2) is 0 Å². The van der Waals surface area contributed by atoms with E-state index in [2.05, 4.69) is 63.6 Å². The van der Waals surface area contributed by atoms with Crippen LogP contribution in [0.5, 0.6) is 0 Å². The van der Waals surface area contributed by atoms with Gasteiger partial charge in [0.1, 0.15) is 6.23 Å². The van der Waals surface area contributed by atoms with Gasteiger partial charge in [-0.25, -0.2) is 0 Å². The minimum absolute atomic E-state index is 0.169. The van der Waals surface area contributed by atoms with Gasteiger partial charge in [0.05, 0.1) is 6.10 Å². The lowest BCUT2D eigenvalue weighted by atomic mass is 9.64. The van der Waals surface area contributed by atoms with Gasteiger partial charge < -0.3 is 15.2 Å². The molecule has 3 saturated heterocycles. The van der Waals surface area contributed by atoms with Crippen molar-refractivity contribution in [2.75, 3.05) is 26.7 Å². The van der Waals surface area contributed by atoms with Crippen LogP contribution in [0.4, 0.5) is 0 Å². The molecule has 3 fully saturated rings. The maximum absolute atomic E-state index is 10.7. The van der Waals surface area contributed by atoms with Gasteiger partial charge in [-0.3, -0.25) is 9.80 Å². The van der Waals surface area contributed by atoms with Crippen LogP contribution in [0.1, 0.15) is 87.0 Å². The predicted molar refractivity (Wildman–Crippen MR) is 129 cm³/mol. The summed E-state index contributed by atoms with van der Waals surface area (Å²) >= 11 is 0. The molecule has 3 aliphatic heterocycles. The smallest absolute Gasteiger partial charge is 0.107 e. The molecule has 0 aromatic heterocycles. The summed E-state index contributed by atoms with van der Waals surface area (Å²) < 4.78 is 5.80. The fourth-order valence-corrected chi connectivity index (χ4v) is 6.94. The molecule has 3 heterocycles. The van der Waals surface area contributed by atoms with Crippen LogP contribution in [-0.4, -0.2) is 77.6 Å². The number of methoxy groups -OCH3 is 1. The molecule has 0 aromatic carbocycles. The van der Waals surface area contributed by atoms with Gasteiger partial charge in [-0.15, -0.1) is 0 Å². The van der Waals surface area contributed by atoms with Crippen molar-refractivity contribution in [3.63, 3.8) is 0 Å². The highest BCUT2D eigenvalue weighted by Crippen LogP contribution is 2.44. The van der Waals surface area contributed by atoms with Gasteiger partial charge in [-0.05, 0) is 70.6 Å². The van der Waals surface area contributed by atoms with Gasteiger partial charge in [-0.1, -0.05) is 27.7 Å². The van der Waals surface area contributed by atoms with E-state index < -0.39 is 0 Å². The number of hydrogen-bond donors (Lipinski definition) is 2. The summed E-state index contributed by atoms with van der Waals surface area (Å²) in [5.41, 5.74) is 0.409. The molecule has 0 radical (unpaired) electrons. The van der Waals surface area contributed by atoms with Crippen LogP contribution >= 0.6 is 0 Å². The predicted octanol–water partition coefficient (Wildman–Crippen LogP) is 4.10. The quantitative estimate of drug-likeness (QED) is 0.655. The molecule has 3 unspecified atom stereocenters. The molecule has 7 atom stereocenters. The van der Waals surface area contributed by atoms with E-state index in [1.165, 1.54) is 38.6 Å². The molecule has 5 heteroatoms. The van der Waals surface area contributed by atoms with Crippen molar-refractivity contribution in [2.45, 2.75) is 123 Å². The molecular weight excluding hydrogens is 386 g/mol. The molecule has 0 bridgehead atoms. The average Bonchev–Trinajstić information content (AvgIpc) is 2.71. The monoisotopic (exact) mass is 437 g/mol. The first kappa shape index (κ1) is 25.4. The second-order valence-corrected chi connectivity index (χ2v) is 12.3. The molecule has 0 spiro atoms. The molecule has 0 amide bonds. The van der Waals surface area contributed by atoms with E-state index in [0.29, 0.717) is 36.1 Å². The van der Waals surface area contributed by atoms with E-state index in [0.717, 1.165) is 19.5 Å². The number of piperidine rings is 3. The number of hydrogen-bond acceptors (Lipinski definition) is 5. The summed E-state index contributed by atoms with van der Waals surface area (Å²) in [5, 5.41) is 14.8. The second-order valence-electron chi connectivity index (χ2n) is 12.3. The number of fused-ring (bicyclic) bond motifs is 1. The van der Waals surface area contributed by atoms with E-state index in [1.807, 2.05) is 7.11 Å². The van der Waals surface area contributed by atoms with E-state index in [4.69, 9.17) is 4.74 Å². The number of likely N-dealkylation sites (tertiary alicyclic amines) is 2. The number of aliphatic hydroxyl groups excluding tert-OH is 1. The van der Waals surface area contributed by atoms with Crippen LogP contribution < -0.4 is 5.32 Å². The van der Waals surface area contributed by atoms with Crippen molar-refractivity contribution >= 4 is 0 Å². The van der Waals surface area contributed by atoms with Gasteiger partial charge in [0.2, 0.25) is 0 Å². The van der Waals surface area contributed by atoms with Crippen molar-refractivity contribution in [3.8, 4) is 0 Å². The van der Waals surface area contributed by atoms with Crippen LogP contribution in [0.3, 0.4) is 0 Å². The number of aliphatic hydroxyl groups is 1. The van der Waals surface area contributed by atoms with Gasteiger partial charge in [-0.2, -0.15) is 0 Å². The first-order valence-corrected chi connectivity index (χ1v) is 13.0. The Kier molecular flexibility index (Phi) is 8.17. The van der Waals surface area contributed by atoms with E-state index >= 15 is 0 Å². The lowest BCUT2D eigenvalue weighted by Gasteiger charge is -2.59. The van der Waals surface area contributed by atoms with Crippen LogP contribution in [0.25, 0.3) is 0 Å². The molecule has 2 N–H and O–H groups in total. The number of nitrogens with one attached hydrogen (secondary N) is 1. The van der Waals surface area contributed by atoms with E-state index in [-0.39, 0.29) is 17.2 Å². The minimum atomic E-state index is -0.298. The SMILES string of the molecule is CC[C@@H]1NC2(C)CCN(C3CCN([C@@H](O)CC(C)(C)C)CC3)[C@H](C)C2CC1[C@H](C)OC. The highest BCUT2D eigenvalue weighted by atomic mass is 16.5. The Bertz CT molecular complexity index is 571. The van der Waals surface area contributed by atoms with Crippen LogP contribution in [-0.2, 0) is 4.74 Å². The topological polar surface area (TPSA) is 48.0 Å². The summed E-state index contributed by atoms with van der Waals surface area (Å²) in [7, 11) is 1.86. The van der Waals surface area contributed by atoms with E-state index in [9.17, 15) is 5.11 Å². The third-order valence-corrected chi connectivity index (χ3v) is 8.97. The van der Waals surface area contributed by atoms with E-state index in [1.54, 1.807) is 0 Å². The van der Waals surface area contributed by atoms with Gasteiger partial charge >= 0.3 is 0 Å². The van der Waals surface area contributed by atoms with Crippen molar-refractivity contribution < 1.29 is 9.84 Å². The van der Waals surface area contributed by atoms with Crippen molar-refractivity contribution in [3.05, 3.63) is 0 Å². The molecule has 182 valence electrons. The summed E-state index contributed by atoms with van der Waals surface area (Å²) in [5.74, 6) is 1.25. The normalized spacial score (nSPS) is 38.6. The third kappa shape index (κ3) is 5.66. The number of ether oxygens (including phenoxy) is 1. The molecule has 31 heavy (non-hydrogen) atoms. The molecule has 3 rings (SSSR count). The molecule has 0 saturated carbocycles. The molecular formula is C26H51N3O2. The van der Waals surface area contributed by atoms with Crippen molar-refractivity contribution in [2.24, 2.45) is 17.3 Å². The third-order valence-electron chi connectivity index (χ3n) is 8.97. The first-order valence-electron chi connectivity index (χ1n) is 13.0. The Labute approximate surface area is 192 Å². The maximum Gasteiger partial charge on any atom is 0.107 e. The lowest BCUT2D eigenvalue weighted by Crippen LogP contribution is -2.70. The molecule has 5 nitrogen and oxygen atoms in total. The fourth-order valence-electron chi connectivity index (χ4n) is 6.94. The Morgan fingerprint density at radius 1 is 1.19 bits per heavy atom. The van der Waals surface area contributed by atoms with Crippen LogP contribution in [0, 0.1) is 17.3 Å². The molecule has 0 aromatic rings. The molecule has 0 aliphatic carbocycles. The molecule has 3 aliphatic rings. The summed E-state index contributed by atoms with van der Waals surface area (Å²) in [6.45, 7) is 19.4. The Morgan fingerprint density at radius 2 is 1.84 bits per heavy atom. The Morgan fingerprint density at radius 3 is 2.39 bits per heavy atom. The standard InChI is InChI=1S/C26H51N3O2/c1-9-23-21(19(3)31-8)16-22-18(2)29(15-12-26(22,7)27-23)20-10-13-28(14-11-20)24(30)17-25(4,5)6/h18-24,27,30H,9-17H2,1-8H3/t18-,19+,21?,22?,23+,24+,26?/m1/s1. The highest BCUT2D eigenvalue weighted by Gasteiger charge is 2.51. The van der Waals surface area contributed by atoms with Gasteiger partial charge in [0, 0.05) is 56.3 Å². The summed E-state index contributed by atoms with van der Waals surface area (Å²) in [4.78, 5) is 5.13. The summed E-state index contributed by atoms with van der Waals surface area (Å²) in [6, 6.07) is 1.80. The van der Waals surface area contributed by atoms with Crippen molar-refractivity contribution in [1.29, 1.82) is 0 Å². The lowest BCUT2D eigenvalue weighted by molar-refractivity contribution is -0.0870. The first-order chi connectivity index (χ1) is 14.5. The van der Waals surface area contributed by atoms with Gasteiger partial charge in [0.15, 0.2) is 0 Å². The Balaban J connectivity index is 1.63. The maximum atomic E-state index is 10.7. The summed E-state index contributed by atoms with van der Waals surface area (Å²) in [6.07, 6.45) is 6.88. The zero-order valence-electron chi connectivity index (χ0n) is 21.7.